The number of benzene rings is 2. The van der Waals surface area contributed by atoms with E-state index < -0.39 is 19.7 Å². The number of nitriles is 1. The van der Waals surface area contributed by atoms with Crippen LogP contribution < -0.4 is 4.74 Å². The Morgan fingerprint density at radius 3 is 2.47 bits per heavy atom. The maximum atomic E-state index is 12.4. The number of nitrogens with zero attached hydrogens (tertiary/aromatic N) is 2. The Kier molecular flexibility index (Phi) is 8.74. The van der Waals surface area contributed by atoms with Crippen molar-refractivity contribution in [1.29, 1.82) is 5.26 Å². The number of ether oxygens (including phenoxy) is 1. The molecular formula is C25H32N2O5S2. The highest BCUT2D eigenvalue weighted by Crippen LogP contribution is 2.25. The summed E-state index contributed by atoms with van der Waals surface area (Å²) in [6, 6.07) is 16.3. The molecule has 0 amide bonds. The van der Waals surface area contributed by atoms with Gasteiger partial charge in [-0.2, -0.15) is 5.26 Å². The van der Waals surface area contributed by atoms with Crippen LogP contribution in [0.1, 0.15) is 24.5 Å². The molecule has 1 aliphatic rings. The molecule has 2 atom stereocenters. The molecule has 2 unspecified atom stereocenters. The maximum Gasteiger partial charge on any atom is 0.178 e. The first-order chi connectivity index (χ1) is 16.1. The number of sulfone groups is 2. The number of hydrogen-bond acceptors (Lipinski definition) is 7. The molecule has 2 aromatic rings. The summed E-state index contributed by atoms with van der Waals surface area (Å²) in [7, 11) is -6.70. The standard InChI is InChI=1S/C25H32N2O5S2/c1-20-17-27(12-11-21-5-3-6-22(15-21)16-26)18-23(20)19-32-24-7-9-25(10-8-24)34(30,31)14-4-13-33(2,28)29/h3,5-10,15,20,23H,4,11-14,17-19H2,1-2H3. The molecule has 0 saturated carbocycles. The lowest BCUT2D eigenvalue weighted by molar-refractivity contribution is 0.225. The third kappa shape index (κ3) is 7.83. The van der Waals surface area contributed by atoms with Crippen molar-refractivity contribution in [2.24, 2.45) is 11.8 Å². The zero-order valence-corrected chi connectivity index (χ0v) is 21.3. The Labute approximate surface area is 203 Å². The van der Waals surface area contributed by atoms with Gasteiger partial charge in [-0.1, -0.05) is 19.1 Å². The molecule has 1 fully saturated rings. The highest BCUT2D eigenvalue weighted by molar-refractivity contribution is 7.92. The van der Waals surface area contributed by atoms with Crippen LogP contribution in [0.25, 0.3) is 0 Å². The molecule has 7 nitrogen and oxygen atoms in total. The number of likely N-dealkylation sites (tertiary alicyclic amines) is 1. The minimum atomic E-state index is -3.52. The van der Waals surface area contributed by atoms with Crippen LogP contribution in [-0.4, -0.2) is 65.7 Å². The third-order valence-corrected chi connectivity index (χ3v) is 9.04. The van der Waals surface area contributed by atoms with Crippen molar-refractivity contribution >= 4 is 19.7 Å². The van der Waals surface area contributed by atoms with Gasteiger partial charge in [-0.05, 0) is 60.7 Å². The van der Waals surface area contributed by atoms with Gasteiger partial charge in [0.05, 0.1) is 34.6 Å². The normalized spacial score (nSPS) is 19.1. The number of rotatable bonds is 11. The first-order valence-corrected chi connectivity index (χ1v) is 15.1. The predicted molar refractivity (Wildman–Crippen MR) is 132 cm³/mol. The Morgan fingerprint density at radius 2 is 1.79 bits per heavy atom. The summed E-state index contributed by atoms with van der Waals surface area (Å²) < 4.78 is 53.2. The van der Waals surface area contributed by atoms with E-state index in [0.29, 0.717) is 29.8 Å². The van der Waals surface area contributed by atoms with Crippen LogP contribution in [0.4, 0.5) is 0 Å². The highest BCUT2D eigenvalue weighted by Gasteiger charge is 2.29. The molecule has 9 heteroatoms. The minimum absolute atomic E-state index is 0.0826. The van der Waals surface area contributed by atoms with Gasteiger partial charge in [-0.25, -0.2) is 16.8 Å². The molecule has 0 aliphatic carbocycles. The third-order valence-electron chi connectivity index (χ3n) is 6.19. The molecule has 1 saturated heterocycles. The van der Waals surface area contributed by atoms with Crippen molar-refractivity contribution in [3.8, 4) is 11.8 Å². The lowest BCUT2D eigenvalue weighted by Crippen LogP contribution is -2.24. The lowest BCUT2D eigenvalue weighted by Gasteiger charge is -2.17. The highest BCUT2D eigenvalue weighted by atomic mass is 32.2. The molecule has 184 valence electrons. The fourth-order valence-electron chi connectivity index (χ4n) is 4.20. The van der Waals surface area contributed by atoms with Crippen LogP contribution in [0.3, 0.4) is 0 Å². The fraction of sp³-hybridized carbons (Fsp3) is 0.480. The minimum Gasteiger partial charge on any atom is -0.493 e. The smallest absolute Gasteiger partial charge is 0.178 e. The Morgan fingerprint density at radius 1 is 1.06 bits per heavy atom. The lowest BCUT2D eigenvalue weighted by atomic mass is 9.99. The summed E-state index contributed by atoms with van der Waals surface area (Å²) in [5.41, 5.74) is 1.85. The second-order valence-corrected chi connectivity index (χ2v) is 13.5. The predicted octanol–water partition coefficient (Wildman–Crippen LogP) is 2.96. The summed E-state index contributed by atoms with van der Waals surface area (Å²) in [5.74, 6) is 1.14. The molecule has 0 radical (unpaired) electrons. The van der Waals surface area contributed by atoms with Gasteiger partial charge < -0.3 is 9.64 Å². The molecule has 0 aromatic heterocycles. The summed E-state index contributed by atoms with van der Waals surface area (Å²) in [5, 5.41) is 9.06. The molecular weight excluding hydrogens is 472 g/mol. The van der Waals surface area contributed by atoms with Gasteiger partial charge in [0.2, 0.25) is 0 Å². The van der Waals surface area contributed by atoms with E-state index in [0.717, 1.165) is 37.9 Å². The average Bonchev–Trinajstić information content (AvgIpc) is 3.15. The van der Waals surface area contributed by atoms with Gasteiger partial charge in [-0.15, -0.1) is 0 Å². The van der Waals surface area contributed by atoms with Gasteiger partial charge in [0.25, 0.3) is 0 Å². The molecule has 34 heavy (non-hydrogen) atoms. The molecule has 1 heterocycles. The molecule has 0 spiro atoms. The van der Waals surface area contributed by atoms with E-state index >= 15 is 0 Å². The summed E-state index contributed by atoms with van der Waals surface area (Å²) >= 11 is 0. The van der Waals surface area contributed by atoms with E-state index in [4.69, 9.17) is 10.00 Å². The van der Waals surface area contributed by atoms with Crippen LogP contribution in [-0.2, 0) is 26.1 Å². The van der Waals surface area contributed by atoms with Crippen LogP contribution in [0.5, 0.6) is 5.75 Å². The van der Waals surface area contributed by atoms with E-state index in [1.165, 1.54) is 12.1 Å². The largest absolute Gasteiger partial charge is 0.493 e. The zero-order valence-electron chi connectivity index (χ0n) is 19.7. The van der Waals surface area contributed by atoms with Crippen molar-refractivity contribution in [3.63, 3.8) is 0 Å². The van der Waals surface area contributed by atoms with Crippen LogP contribution >= 0.6 is 0 Å². The van der Waals surface area contributed by atoms with Crippen molar-refractivity contribution < 1.29 is 21.6 Å². The average molecular weight is 505 g/mol. The van der Waals surface area contributed by atoms with Crippen LogP contribution in [0.15, 0.2) is 53.4 Å². The fourth-order valence-corrected chi connectivity index (χ4v) is 6.36. The SMILES string of the molecule is CC1CN(CCc2cccc(C#N)c2)CC1COc1ccc(S(=O)(=O)CCCS(C)(=O)=O)cc1. The molecule has 0 N–H and O–H groups in total. The first kappa shape index (κ1) is 26.2. The number of hydrogen-bond donors (Lipinski definition) is 0. The summed E-state index contributed by atoms with van der Waals surface area (Å²) in [4.78, 5) is 2.60. The van der Waals surface area contributed by atoms with Gasteiger partial charge in [-0.3, -0.25) is 0 Å². The monoisotopic (exact) mass is 504 g/mol. The molecule has 1 aliphatic heterocycles. The maximum absolute atomic E-state index is 12.4. The molecule has 3 rings (SSSR count). The van der Waals surface area contributed by atoms with Crippen molar-refractivity contribution in [2.75, 3.05) is 44.0 Å². The van der Waals surface area contributed by atoms with Gasteiger partial charge in [0.1, 0.15) is 15.6 Å². The van der Waals surface area contributed by atoms with E-state index in [2.05, 4.69) is 24.0 Å². The first-order valence-electron chi connectivity index (χ1n) is 11.4. The summed E-state index contributed by atoms with van der Waals surface area (Å²) in [6.45, 7) is 5.64. The van der Waals surface area contributed by atoms with Crippen molar-refractivity contribution in [3.05, 3.63) is 59.7 Å². The van der Waals surface area contributed by atoms with E-state index in [1.54, 1.807) is 12.1 Å². The van der Waals surface area contributed by atoms with Crippen LogP contribution in [0, 0.1) is 23.2 Å². The Bertz CT molecular complexity index is 1220. The second kappa shape index (κ2) is 11.3. The van der Waals surface area contributed by atoms with E-state index in [9.17, 15) is 16.8 Å². The van der Waals surface area contributed by atoms with Crippen LogP contribution in [0.2, 0.25) is 0 Å². The van der Waals surface area contributed by atoms with Crippen molar-refractivity contribution in [1.82, 2.24) is 4.90 Å². The van der Waals surface area contributed by atoms with E-state index in [-0.39, 0.29) is 22.8 Å². The van der Waals surface area contributed by atoms with E-state index in [1.807, 2.05) is 18.2 Å². The van der Waals surface area contributed by atoms with Gasteiger partial charge in [0.15, 0.2) is 9.84 Å². The van der Waals surface area contributed by atoms with Crippen molar-refractivity contribution in [2.45, 2.75) is 24.7 Å². The Hall–Kier alpha value is -2.41. The summed E-state index contributed by atoms with van der Waals surface area (Å²) in [6.07, 6.45) is 2.08. The quantitative estimate of drug-likeness (QED) is 0.463. The Balaban J connectivity index is 1.47. The van der Waals surface area contributed by atoms with Gasteiger partial charge in [0, 0.05) is 31.8 Å². The zero-order chi connectivity index (χ0) is 24.8. The molecule has 2 aromatic carbocycles. The topological polar surface area (TPSA) is 105 Å². The second-order valence-electron chi connectivity index (χ2n) is 9.14. The van der Waals surface area contributed by atoms with Gasteiger partial charge >= 0.3 is 0 Å². The molecule has 0 bridgehead atoms.